The van der Waals surface area contributed by atoms with E-state index in [0.29, 0.717) is 37.4 Å². The minimum absolute atomic E-state index is 0.0382. The van der Waals surface area contributed by atoms with Crippen LogP contribution in [0.15, 0.2) is 47.4 Å². The van der Waals surface area contributed by atoms with Crippen LogP contribution in [0.25, 0.3) is 10.8 Å². The quantitative estimate of drug-likeness (QED) is 0.622. The molecule has 33 heavy (non-hydrogen) atoms. The van der Waals surface area contributed by atoms with E-state index >= 15 is 0 Å². The Labute approximate surface area is 194 Å². The first-order valence-electron chi connectivity index (χ1n) is 11.7. The zero-order valence-corrected chi connectivity index (χ0v) is 19.4. The maximum Gasteiger partial charge on any atom is 0.243 e. The third kappa shape index (κ3) is 4.52. The molecule has 0 unspecified atom stereocenters. The summed E-state index contributed by atoms with van der Waals surface area (Å²) in [5.74, 6) is 1.57. The molecule has 3 heterocycles. The van der Waals surface area contributed by atoms with Crippen LogP contribution in [0.4, 0.5) is 0 Å². The lowest BCUT2D eigenvalue weighted by molar-refractivity contribution is -0.126. The Hall–Kier alpha value is -2.78. The first-order chi connectivity index (χ1) is 16.0. The van der Waals surface area contributed by atoms with Gasteiger partial charge in [0.25, 0.3) is 0 Å². The molecule has 8 nitrogen and oxygen atoms in total. The van der Waals surface area contributed by atoms with Gasteiger partial charge >= 0.3 is 0 Å². The lowest BCUT2D eigenvalue weighted by atomic mass is 9.97. The van der Waals surface area contributed by atoms with E-state index in [2.05, 4.69) is 20.1 Å². The summed E-state index contributed by atoms with van der Waals surface area (Å²) in [6.07, 6.45) is 5.38. The number of rotatable bonds is 5. The van der Waals surface area contributed by atoms with Crippen LogP contribution in [0.1, 0.15) is 43.8 Å². The van der Waals surface area contributed by atoms with E-state index in [4.69, 9.17) is 0 Å². The SMILES string of the molecule is O=C(NCc1nnc2n1CCCCC2)C1CCN(S(=O)(=O)c2ccc3ccccc3c2)CC1. The van der Waals surface area contributed by atoms with Gasteiger partial charge in [0.2, 0.25) is 15.9 Å². The van der Waals surface area contributed by atoms with E-state index in [1.165, 1.54) is 10.7 Å². The van der Waals surface area contributed by atoms with Crippen molar-refractivity contribution in [3.63, 3.8) is 0 Å². The minimum atomic E-state index is -3.58. The zero-order chi connectivity index (χ0) is 22.8. The highest BCUT2D eigenvalue weighted by molar-refractivity contribution is 7.89. The van der Waals surface area contributed by atoms with Crippen LogP contribution < -0.4 is 5.32 Å². The molecule has 5 rings (SSSR count). The van der Waals surface area contributed by atoms with Crippen LogP contribution in [-0.4, -0.2) is 46.5 Å². The van der Waals surface area contributed by atoms with Gasteiger partial charge in [-0.25, -0.2) is 8.42 Å². The molecule has 1 saturated heterocycles. The molecule has 0 bridgehead atoms. The summed E-state index contributed by atoms with van der Waals surface area (Å²) in [6, 6.07) is 13.0. The average Bonchev–Trinajstić information content (AvgIpc) is 3.07. The van der Waals surface area contributed by atoms with E-state index < -0.39 is 10.0 Å². The van der Waals surface area contributed by atoms with Crippen LogP contribution >= 0.6 is 0 Å². The standard InChI is InChI=1S/C24H29N5O3S/c30-24(25-17-23-27-26-22-8-2-1-5-13-29(22)23)19-11-14-28(15-12-19)33(31,32)21-10-9-18-6-3-4-7-20(18)16-21/h3-4,6-7,9-10,16,19H,1-2,5,8,11-15,17H2,(H,25,30). The number of carbonyl (C=O) groups is 1. The summed E-state index contributed by atoms with van der Waals surface area (Å²) in [4.78, 5) is 13.1. The van der Waals surface area contributed by atoms with Gasteiger partial charge in [-0.05, 0) is 48.6 Å². The normalized spacial score (nSPS) is 18.1. The molecule has 2 aliphatic heterocycles. The number of nitrogens with one attached hydrogen (secondary N) is 1. The molecule has 0 radical (unpaired) electrons. The van der Waals surface area contributed by atoms with E-state index in [1.807, 2.05) is 30.3 Å². The minimum Gasteiger partial charge on any atom is -0.349 e. The second-order valence-corrected chi connectivity index (χ2v) is 10.8. The first kappa shape index (κ1) is 22.0. The lowest BCUT2D eigenvalue weighted by Crippen LogP contribution is -2.43. The van der Waals surface area contributed by atoms with E-state index in [-0.39, 0.29) is 11.8 Å². The number of carbonyl (C=O) groups excluding carboxylic acids is 1. The number of hydrogen-bond donors (Lipinski definition) is 1. The molecule has 0 atom stereocenters. The molecule has 0 saturated carbocycles. The predicted molar refractivity (Wildman–Crippen MR) is 125 cm³/mol. The van der Waals surface area contributed by atoms with Gasteiger partial charge in [-0.3, -0.25) is 4.79 Å². The third-order valence-electron chi connectivity index (χ3n) is 6.79. The maximum atomic E-state index is 13.2. The van der Waals surface area contributed by atoms with Gasteiger partial charge in [0.1, 0.15) is 5.82 Å². The number of amides is 1. The Morgan fingerprint density at radius 3 is 2.58 bits per heavy atom. The van der Waals surface area contributed by atoms with Gasteiger partial charge in [-0.2, -0.15) is 4.31 Å². The topological polar surface area (TPSA) is 97.2 Å². The molecular formula is C24H29N5O3S. The zero-order valence-electron chi connectivity index (χ0n) is 18.6. The van der Waals surface area contributed by atoms with Crippen LogP contribution in [0, 0.1) is 5.92 Å². The Balaban J connectivity index is 1.19. The van der Waals surface area contributed by atoms with Gasteiger partial charge in [0.15, 0.2) is 5.82 Å². The monoisotopic (exact) mass is 467 g/mol. The molecule has 0 spiro atoms. The fraction of sp³-hybridized carbons (Fsp3) is 0.458. The van der Waals surface area contributed by atoms with Gasteiger partial charge in [0.05, 0.1) is 11.4 Å². The molecule has 1 aromatic heterocycles. The van der Waals surface area contributed by atoms with E-state index in [1.54, 1.807) is 12.1 Å². The van der Waals surface area contributed by atoms with Crippen molar-refractivity contribution < 1.29 is 13.2 Å². The van der Waals surface area contributed by atoms with Crippen molar-refractivity contribution in [3.8, 4) is 0 Å². The second kappa shape index (κ2) is 9.23. The van der Waals surface area contributed by atoms with Gasteiger partial charge in [-0.15, -0.1) is 10.2 Å². The van der Waals surface area contributed by atoms with Gasteiger partial charge in [-0.1, -0.05) is 36.8 Å². The summed E-state index contributed by atoms with van der Waals surface area (Å²) in [5, 5.41) is 13.5. The van der Waals surface area contributed by atoms with Crippen molar-refractivity contribution in [1.82, 2.24) is 24.4 Å². The molecule has 3 aromatic rings. The molecule has 1 amide bonds. The van der Waals surface area contributed by atoms with Crippen molar-refractivity contribution in [2.75, 3.05) is 13.1 Å². The lowest BCUT2D eigenvalue weighted by Gasteiger charge is -2.30. The number of hydrogen-bond acceptors (Lipinski definition) is 5. The molecule has 1 N–H and O–H groups in total. The number of benzene rings is 2. The van der Waals surface area contributed by atoms with Crippen molar-refractivity contribution >= 4 is 26.7 Å². The van der Waals surface area contributed by atoms with Crippen molar-refractivity contribution in [1.29, 1.82) is 0 Å². The van der Waals surface area contributed by atoms with Gasteiger partial charge in [0, 0.05) is 32.0 Å². The Morgan fingerprint density at radius 2 is 1.76 bits per heavy atom. The second-order valence-electron chi connectivity index (χ2n) is 8.90. The van der Waals surface area contributed by atoms with E-state index in [9.17, 15) is 13.2 Å². The molecular weight excluding hydrogens is 438 g/mol. The molecule has 1 fully saturated rings. The Bertz CT molecular complexity index is 1260. The van der Waals surface area contributed by atoms with Crippen molar-refractivity contribution in [2.24, 2.45) is 5.92 Å². The molecule has 0 aliphatic carbocycles. The summed E-state index contributed by atoms with van der Waals surface area (Å²) in [6.45, 7) is 1.95. The molecule has 9 heteroatoms. The summed E-state index contributed by atoms with van der Waals surface area (Å²) in [7, 11) is -3.58. The highest BCUT2D eigenvalue weighted by Crippen LogP contribution is 2.26. The van der Waals surface area contributed by atoms with Crippen LogP contribution in [0.2, 0.25) is 0 Å². The highest BCUT2D eigenvalue weighted by Gasteiger charge is 2.32. The number of nitrogens with zero attached hydrogens (tertiary/aromatic N) is 4. The van der Waals surface area contributed by atoms with Crippen LogP contribution in [-0.2, 0) is 34.3 Å². The Kier molecular flexibility index (Phi) is 6.16. The summed E-state index contributed by atoms with van der Waals surface area (Å²) < 4.78 is 30.0. The van der Waals surface area contributed by atoms with E-state index in [0.717, 1.165) is 48.2 Å². The van der Waals surface area contributed by atoms with Crippen LogP contribution in [0.5, 0.6) is 0 Å². The third-order valence-corrected chi connectivity index (χ3v) is 8.68. The summed E-state index contributed by atoms with van der Waals surface area (Å²) in [5.41, 5.74) is 0. The van der Waals surface area contributed by atoms with Crippen molar-refractivity contribution in [3.05, 3.63) is 54.1 Å². The smallest absolute Gasteiger partial charge is 0.243 e. The number of aromatic nitrogens is 3. The number of sulfonamides is 1. The number of fused-ring (bicyclic) bond motifs is 2. The predicted octanol–water partition coefficient (Wildman–Crippen LogP) is 2.87. The average molecular weight is 468 g/mol. The Morgan fingerprint density at radius 1 is 0.970 bits per heavy atom. The maximum absolute atomic E-state index is 13.2. The summed E-state index contributed by atoms with van der Waals surface area (Å²) >= 11 is 0. The first-order valence-corrected chi connectivity index (χ1v) is 13.1. The molecule has 2 aliphatic rings. The number of piperidine rings is 1. The largest absolute Gasteiger partial charge is 0.349 e. The van der Waals surface area contributed by atoms with Crippen LogP contribution in [0.3, 0.4) is 0 Å². The molecule has 2 aromatic carbocycles. The fourth-order valence-electron chi connectivity index (χ4n) is 4.82. The van der Waals surface area contributed by atoms with Crippen molar-refractivity contribution in [2.45, 2.75) is 56.5 Å². The fourth-order valence-corrected chi connectivity index (χ4v) is 6.33. The highest BCUT2D eigenvalue weighted by atomic mass is 32.2. The number of aryl methyl sites for hydroxylation is 1. The van der Waals surface area contributed by atoms with Gasteiger partial charge < -0.3 is 9.88 Å². The molecule has 174 valence electrons.